The van der Waals surface area contributed by atoms with E-state index in [1.54, 1.807) is 0 Å². The van der Waals surface area contributed by atoms with Crippen molar-refractivity contribution in [3.05, 3.63) is 23.5 Å². The lowest BCUT2D eigenvalue weighted by atomic mass is 10.3. The lowest BCUT2D eigenvalue weighted by molar-refractivity contribution is -0.122. The number of carbonyl (C=O) groups is 1. The summed E-state index contributed by atoms with van der Waals surface area (Å²) in [7, 11) is 1.84. The normalized spacial score (nSPS) is 10.1. The Balaban J connectivity index is 2.66. The lowest BCUT2D eigenvalue weighted by Gasteiger charge is -2.11. The van der Waals surface area contributed by atoms with Gasteiger partial charge in [0.2, 0.25) is 0 Å². The van der Waals surface area contributed by atoms with Gasteiger partial charge in [-0.2, -0.15) is 0 Å². The molecule has 0 aromatic carbocycles. The predicted octanol–water partition coefficient (Wildman–Crippen LogP) is 0.624. The zero-order valence-electron chi connectivity index (χ0n) is 10.5. The molecule has 5 heteroatoms. The van der Waals surface area contributed by atoms with Gasteiger partial charge in [0.1, 0.15) is 5.75 Å². The molecular weight excluding hydrogens is 218 g/mol. The number of nitrogens with zero attached hydrogens (tertiary/aromatic N) is 1. The van der Waals surface area contributed by atoms with Crippen molar-refractivity contribution in [2.45, 2.75) is 20.4 Å². The molecule has 17 heavy (non-hydrogen) atoms. The molecule has 2 N–H and O–H groups in total. The van der Waals surface area contributed by atoms with Crippen molar-refractivity contribution in [2.24, 2.45) is 0 Å². The van der Waals surface area contributed by atoms with Crippen LogP contribution in [0.3, 0.4) is 0 Å². The number of aromatic nitrogens is 1. The fraction of sp³-hybridized carbons (Fsp3) is 0.500. The summed E-state index contributed by atoms with van der Waals surface area (Å²) >= 11 is 0. The number of amides is 1. The smallest absolute Gasteiger partial charge is 0.257 e. The minimum atomic E-state index is -0.122. The number of ether oxygens (including phenoxy) is 1. The van der Waals surface area contributed by atoms with E-state index in [0.717, 1.165) is 11.4 Å². The van der Waals surface area contributed by atoms with Crippen LogP contribution in [0.5, 0.6) is 5.75 Å². The van der Waals surface area contributed by atoms with Crippen LogP contribution in [0.2, 0.25) is 0 Å². The Labute approximate surface area is 102 Å². The zero-order chi connectivity index (χ0) is 12.7. The van der Waals surface area contributed by atoms with Gasteiger partial charge in [-0.25, -0.2) is 0 Å². The Kier molecular flexibility index (Phi) is 5.42. The molecule has 0 radical (unpaired) electrons. The minimum Gasteiger partial charge on any atom is -0.482 e. The molecule has 0 aliphatic heterocycles. The minimum absolute atomic E-state index is 0.0231. The van der Waals surface area contributed by atoms with Crippen molar-refractivity contribution in [1.29, 1.82) is 0 Å². The van der Waals surface area contributed by atoms with E-state index >= 15 is 0 Å². The van der Waals surface area contributed by atoms with Crippen LogP contribution in [0.1, 0.15) is 18.3 Å². The molecule has 1 rings (SSSR count). The van der Waals surface area contributed by atoms with E-state index in [0.29, 0.717) is 18.8 Å². The zero-order valence-corrected chi connectivity index (χ0v) is 10.5. The van der Waals surface area contributed by atoms with Crippen LogP contribution in [-0.2, 0) is 11.3 Å². The van der Waals surface area contributed by atoms with E-state index in [1.165, 1.54) is 0 Å². The summed E-state index contributed by atoms with van der Waals surface area (Å²) in [6.07, 6.45) is 0. The summed E-state index contributed by atoms with van der Waals surface area (Å²) < 4.78 is 5.44. The van der Waals surface area contributed by atoms with Gasteiger partial charge < -0.3 is 15.4 Å². The maximum Gasteiger partial charge on any atom is 0.257 e. The standard InChI is InChI=1S/C12H19N3O2/c1-4-14-12(16)8-17-11-6-5-9(2)15-10(11)7-13-3/h5-6,13H,4,7-8H2,1-3H3,(H,14,16). The number of carbonyl (C=O) groups excluding carboxylic acids is 1. The second-order valence-electron chi connectivity index (χ2n) is 3.67. The third-order valence-corrected chi connectivity index (χ3v) is 2.15. The molecule has 0 fully saturated rings. The van der Waals surface area contributed by atoms with Crippen LogP contribution in [0.25, 0.3) is 0 Å². The second kappa shape index (κ2) is 6.85. The largest absolute Gasteiger partial charge is 0.482 e. The first-order chi connectivity index (χ1) is 8.17. The average molecular weight is 237 g/mol. The van der Waals surface area contributed by atoms with E-state index in [1.807, 2.05) is 33.0 Å². The summed E-state index contributed by atoms with van der Waals surface area (Å²) in [4.78, 5) is 15.6. The van der Waals surface area contributed by atoms with Gasteiger partial charge in [0.15, 0.2) is 6.61 Å². The highest BCUT2D eigenvalue weighted by molar-refractivity contribution is 5.77. The Bertz CT molecular complexity index is 380. The van der Waals surface area contributed by atoms with E-state index in [-0.39, 0.29) is 12.5 Å². The van der Waals surface area contributed by atoms with Crippen LogP contribution in [0, 0.1) is 6.92 Å². The SMILES string of the molecule is CCNC(=O)COc1ccc(C)nc1CNC. The van der Waals surface area contributed by atoms with Gasteiger partial charge in [0.25, 0.3) is 5.91 Å². The van der Waals surface area contributed by atoms with Gasteiger partial charge >= 0.3 is 0 Å². The number of hydrogen-bond acceptors (Lipinski definition) is 4. The Morgan fingerprint density at radius 2 is 2.24 bits per heavy atom. The number of aryl methyl sites for hydroxylation is 1. The molecular formula is C12H19N3O2. The number of hydrogen-bond donors (Lipinski definition) is 2. The van der Waals surface area contributed by atoms with E-state index in [9.17, 15) is 4.79 Å². The van der Waals surface area contributed by atoms with Gasteiger partial charge in [0, 0.05) is 18.8 Å². The number of nitrogens with one attached hydrogen (secondary N) is 2. The lowest BCUT2D eigenvalue weighted by Crippen LogP contribution is -2.28. The van der Waals surface area contributed by atoms with E-state index in [4.69, 9.17) is 4.74 Å². The van der Waals surface area contributed by atoms with Crippen molar-refractivity contribution in [3.8, 4) is 5.75 Å². The van der Waals surface area contributed by atoms with Gasteiger partial charge in [0.05, 0.1) is 5.69 Å². The Morgan fingerprint density at radius 3 is 2.88 bits per heavy atom. The van der Waals surface area contributed by atoms with Gasteiger partial charge in [-0.15, -0.1) is 0 Å². The van der Waals surface area contributed by atoms with Crippen LogP contribution in [-0.4, -0.2) is 31.1 Å². The number of likely N-dealkylation sites (N-methyl/N-ethyl adjacent to an activating group) is 1. The van der Waals surface area contributed by atoms with Crippen molar-refractivity contribution in [3.63, 3.8) is 0 Å². The first-order valence-corrected chi connectivity index (χ1v) is 5.68. The summed E-state index contributed by atoms with van der Waals surface area (Å²) in [6, 6.07) is 3.71. The molecule has 1 aromatic heterocycles. The highest BCUT2D eigenvalue weighted by Gasteiger charge is 2.07. The van der Waals surface area contributed by atoms with Crippen molar-refractivity contribution < 1.29 is 9.53 Å². The fourth-order valence-corrected chi connectivity index (χ4v) is 1.41. The van der Waals surface area contributed by atoms with Crippen LogP contribution in [0.4, 0.5) is 0 Å². The highest BCUT2D eigenvalue weighted by Crippen LogP contribution is 2.16. The molecule has 0 unspecified atom stereocenters. The Hall–Kier alpha value is -1.62. The van der Waals surface area contributed by atoms with Crippen molar-refractivity contribution >= 4 is 5.91 Å². The molecule has 1 aromatic rings. The molecule has 1 amide bonds. The molecule has 0 spiro atoms. The molecule has 0 saturated heterocycles. The monoisotopic (exact) mass is 237 g/mol. The third kappa shape index (κ3) is 4.40. The van der Waals surface area contributed by atoms with Gasteiger partial charge in [-0.3, -0.25) is 9.78 Å². The first kappa shape index (κ1) is 13.4. The number of rotatable bonds is 6. The van der Waals surface area contributed by atoms with Crippen molar-refractivity contribution in [2.75, 3.05) is 20.2 Å². The molecule has 0 atom stereocenters. The van der Waals surface area contributed by atoms with E-state index < -0.39 is 0 Å². The van der Waals surface area contributed by atoms with Gasteiger partial charge in [-0.05, 0) is 33.0 Å². The molecule has 0 aliphatic rings. The molecule has 5 nitrogen and oxygen atoms in total. The maximum absolute atomic E-state index is 11.3. The molecule has 1 heterocycles. The van der Waals surface area contributed by atoms with E-state index in [2.05, 4.69) is 15.6 Å². The van der Waals surface area contributed by atoms with Gasteiger partial charge in [-0.1, -0.05) is 0 Å². The van der Waals surface area contributed by atoms with Crippen LogP contribution < -0.4 is 15.4 Å². The number of pyridine rings is 1. The van der Waals surface area contributed by atoms with Crippen molar-refractivity contribution in [1.82, 2.24) is 15.6 Å². The second-order valence-corrected chi connectivity index (χ2v) is 3.67. The third-order valence-electron chi connectivity index (χ3n) is 2.15. The summed E-state index contributed by atoms with van der Waals surface area (Å²) in [5, 5.41) is 5.70. The topological polar surface area (TPSA) is 63.2 Å². The molecule has 0 aliphatic carbocycles. The first-order valence-electron chi connectivity index (χ1n) is 5.68. The Morgan fingerprint density at radius 1 is 1.47 bits per heavy atom. The quantitative estimate of drug-likeness (QED) is 0.761. The predicted molar refractivity (Wildman–Crippen MR) is 65.9 cm³/mol. The molecule has 94 valence electrons. The molecule has 0 bridgehead atoms. The highest BCUT2D eigenvalue weighted by atomic mass is 16.5. The summed E-state index contributed by atoms with van der Waals surface area (Å²) in [5.41, 5.74) is 1.75. The van der Waals surface area contributed by atoms with Crippen LogP contribution >= 0.6 is 0 Å². The fourth-order valence-electron chi connectivity index (χ4n) is 1.41. The average Bonchev–Trinajstić information content (AvgIpc) is 2.29. The summed E-state index contributed by atoms with van der Waals surface area (Å²) in [5.74, 6) is 0.527. The maximum atomic E-state index is 11.3. The molecule has 0 saturated carbocycles. The summed E-state index contributed by atoms with van der Waals surface area (Å²) in [6.45, 7) is 5.05. The van der Waals surface area contributed by atoms with Crippen LogP contribution in [0.15, 0.2) is 12.1 Å².